The quantitative estimate of drug-likeness (QED) is 0.624. The zero-order valence-corrected chi connectivity index (χ0v) is 18.2. The molecule has 0 spiro atoms. The molecule has 3 rings (SSSR count). The highest BCUT2D eigenvalue weighted by Gasteiger charge is 2.32. The van der Waals surface area contributed by atoms with Crippen LogP contribution in [-0.4, -0.2) is 47.4 Å². The average Bonchev–Trinajstić information content (AvgIpc) is 3.04. The van der Waals surface area contributed by atoms with Crippen LogP contribution in [0.25, 0.3) is 0 Å². The minimum Gasteiger partial charge on any atom is -0.494 e. The van der Waals surface area contributed by atoms with Gasteiger partial charge >= 0.3 is 6.03 Å². The number of nitrogens with one attached hydrogen (secondary N) is 2. The Labute approximate surface area is 177 Å². The highest BCUT2D eigenvalue weighted by Crippen LogP contribution is 2.34. The number of urea groups is 1. The predicted molar refractivity (Wildman–Crippen MR) is 116 cm³/mol. The van der Waals surface area contributed by atoms with Crippen molar-refractivity contribution in [3.63, 3.8) is 0 Å². The van der Waals surface area contributed by atoms with Crippen molar-refractivity contribution in [2.75, 3.05) is 37.1 Å². The van der Waals surface area contributed by atoms with E-state index in [9.17, 15) is 13.2 Å². The molecule has 2 aromatic rings. The number of fused-ring (bicyclic) bond motifs is 1. The Morgan fingerprint density at radius 1 is 1.20 bits per heavy atom. The molecule has 0 radical (unpaired) electrons. The van der Waals surface area contributed by atoms with E-state index in [-0.39, 0.29) is 30.1 Å². The standard InChI is InChI=1S/C21H27N3O5S/c1-4-29-18-8-6-17(7-9-18)23-21(25)24-15(2)13-16-5-10-19(14-20(16)24)30(26,27)22-11-12-28-3/h5-10,14-15,22H,4,11-13H2,1-3H3,(H,23,25). The fourth-order valence-electron chi connectivity index (χ4n) is 3.41. The summed E-state index contributed by atoms with van der Waals surface area (Å²) in [6.45, 7) is 4.86. The lowest BCUT2D eigenvalue weighted by molar-refractivity contribution is 0.204. The van der Waals surface area contributed by atoms with Gasteiger partial charge < -0.3 is 14.8 Å². The monoisotopic (exact) mass is 433 g/mol. The number of nitrogens with zero attached hydrogens (tertiary/aromatic N) is 1. The lowest BCUT2D eigenvalue weighted by atomic mass is 10.1. The molecule has 1 heterocycles. The van der Waals surface area contributed by atoms with Crippen molar-refractivity contribution < 1.29 is 22.7 Å². The second-order valence-corrected chi connectivity index (χ2v) is 8.76. The van der Waals surface area contributed by atoms with E-state index >= 15 is 0 Å². The van der Waals surface area contributed by atoms with Gasteiger partial charge in [0.1, 0.15) is 5.75 Å². The lowest BCUT2D eigenvalue weighted by Gasteiger charge is -2.23. The fraction of sp³-hybridized carbons (Fsp3) is 0.381. The molecule has 1 aliphatic rings. The van der Waals surface area contributed by atoms with E-state index < -0.39 is 10.0 Å². The van der Waals surface area contributed by atoms with Gasteiger partial charge in [0, 0.05) is 25.4 Å². The van der Waals surface area contributed by atoms with E-state index in [1.54, 1.807) is 47.4 Å². The molecule has 0 saturated heterocycles. The molecule has 1 unspecified atom stereocenters. The van der Waals surface area contributed by atoms with Crippen LogP contribution < -0.4 is 19.7 Å². The Balaban J connectivity index is 1.80. The zero-order chi connectivity index (χ0) is 21.7. The molecule has 2 amide bonds. The number of hydrogen-bond acceptors (Lipinski definition) is 5. The lowest BCUT2D eigenvalue weighted by Crippen LogP contribution is -2.39. The van der Waals surface area contributed by atoms with Gasteiger partial charge in [-0.3, -0.25) is 4.90 Å². The Bertz CT molecular complexity index is 992. The number of sulfonamides is 1. The third-order valence-corrected chi connectivity index (χ3v) is 6.28. The number of benzene rings is 2. The Hall–Kier alpha value is -2.62. The molecule has 8 nitrogen and oxygen atoms in total. The summed E-state index contributed by atoms with van der Waals surface area (Å²) >= 11 is 0. The number of methoxy groups -OCH3 is 1. The van der Waals surface area contributed by atoms with Crippen molar-refractivity contribution in [1.29, 1.82) is 0 Å². The predicted octanol–water partition coefficient (Wildman–Crippen LogP) is 2.99. The summed E-state index contributed by atoms with van der Waals surface area (Å²) in [4.78, 5) is 14.7. The minimum atomic E-state index is -3.69. The van der Waals surface area contributed by atoms with Crippen molar-refractivity contribution in [2.45, 2.75) is 31.2 Å². The van der Waals surface area contributed by atoms with Gasteiger partial charge in [0.25, 0.3) is 0 Å². The first kappa shape index (κ1) is 22.1. The molecule has 0 saturated carbocycles. The molecule has 2 aromatic carbocycles. The average molecular weight is 434 g/mol. The van der Waals surface area contributed by atoms with E-state index in [1.807, 2.05) is 13.8 Å². The molecule has 0 fully saturated rings. The van der Waals surface area contributed by atoms with Crippen LogP contribution in [0.1, 0.15) is 19.4 Å². The maximum atomic E-state index is 13.0. The van der Waals surface area contributed by atoms with Crippen molar-refractivity contribution >= 4 is 27.4 Å². The van der Waals surface area contributed by atoms with Gasteiger partial charge in [-0.05, 0) is 62.2 Å². The van der Waals surface area contributed by atoms with Crippen LogP contribution in [0.2, 0.25) is 0 Å². The van der Waals surface area contributed by atoms with Crippen molar-refractivity contribution in [3.8, 4) is 5.75 Å². The SMILES string of the molecule is CCOc1ccc(NC(=O)N2c3cc(S(=O)(=O)NCCOC)ccc3CC2C)cc1. The van der Waals surface area contributed by atoms with Crippen LogP contribution in [0, 0.1) is 0 Å². The van der Waals surface area contributed by atoms with Crippen molar-refractivity contribution in [3.05, 3.63) is 48.0 Å². The van der Waals surface area contributed by atoms with E-state index in [4.69, 9.17) is 9.47 Å². The summed E-state index contributed by atoms with van der Waals surface area (Å²) in [5.41, 5.74) is 2.16. The summed E-state index contributed by atoms with van der Waals surface area (Å²) < 4.78 is 37.9. The second kappa shape index (κ2) is 9.46. The second-order valence-electron chi connectivity index (χ2n) is 6.99. The first-order valence-electron chi connectivity index (χ1n) is 9.80. The van der Waals surface area contributed by atoms with Crippen molar-refractivity contribution in [1.82, 2.24) is 4.72 Å². The number of anilines is 2. The van der Waals surface area contributed by atoms with Gasteiger partial charge in [-0.15, -0.1) is 0 Å². The third kappa shape index (κ3) is 4.92. The topological polar surface area (TPSA) is 97.0 Å². The van der Waals surface area contributed by atoms with Gasteiger partial charge in [-0.2, -0.15) is 0 Å². The van der Waals surface area contributed by atoms with E-state index in [1.165, 1.54) is 7.11 Å². The molecule has 1 atom stereocenters. The molecule has 162 valence electrons. The minimum absolute atomic E-state index is 0.0953. The highest BCUT2D eigenvalue weighted by molar-refractivity contribution is 7.89. The Morgan fingerprint density at radius 3 is 2.60 bits per heavy atom. The smallest absolute Gasteiger partial charge is 0.326 e. The molecule has 0 aliphatic carbocycles. The van der Waals surface area contributed by atoms with Gasteiger partial charge in [-0.25, -0.2) is 17.9 Å². The van der Waals surface area contributed by atoms with E-state index in [2.05, 4.69) is 10.0 Å². The first-order valence-corrected chi connectivity index (χ1v) is 11.3. The molecule has 0 bridgehead atoms. The van der Waals surface area contributed by atoms with Gasteiger partial charge in [-0.1, -0.05) is 6.07 Å². The van der Waals surface area contributed by atoms with Crippen LogP contribution in [0.4, 0.5) is 16.2 Å². The summed E-state index contributed by atoms with van der Waals surface area (Å²) in [7, 11) is -2.19. The molecule has 30 heavy (non-hydrogen) atoms. The number of carbonyl (C=O) groups is 1. The zero-order valence-electron chi connectivity index (χ0n) is 17.3. The molecule has 2 N–H and O–H groups in total. The Morgan fingerprint density at radius 2 is 1.93 bits per heavy atom. The molecule has 0 aromatic heterocycles. The summed E-state index contributed by atoms with van der Waals surface area (Å²) in [6.07, 6.45) is 0.656. The number of carbonyl (C=O) groups excluding carboxylic acids is 1. The number of rotatable bonds is 8. The van der Waals surface area contributed by atoms with Crippen LogP contribution in [0.3, 0.4) is 0 Å². The highest BCUT2D eigenvalue weighted by atomic mass is 32.2. The number of ether oxygens (including phenoxy) is 2. The van der Waals surface area contributed by atoms with Gasteiger partial charge in [0.05, 0.1) is 23.8 Å². The molecular weight excluding hydrogens is 406 g/mol. The fourth-order valence-corrected chi connectivity index (χ4v) is 4.44. The summed E-state index contributed by atoms with van der Waals surface area (Å²) in [5.74, 6) is 0.728. The summed E-state index contributed by atoms with van der Waals surface area (Å²) in [5, 5.41) is 2.87. The van der Waals surface area contributed by atoms with Crippen LogP contribution >= 0.6 is 0 Å². The van der Waals surface area contributed by atoms with Gasteiger partial charge in [0.15, 0.2) is 0 Å². The van der Waals surface area contributed by atoms with E-state index in [0.29, 0.717) is 24.4 Å². The maximum absolute atomic E-state index is 13.0. The number of hydrogen-bond donors (Lipinski definition) is 2. The number of amides is 2. The van der Waals surface area contributed by atoms with Crippen LogP contribution in [0.5, 0.6) is 5.75 Å². The summed E-state index contributed by atoms with van der Waals surface area (Å²) in [6, 6.07) is 11.6. The largest absolute Gasteiger partial charge is 0.494 e. The third-order valence-electron chi connectivity index (χ3n) is 4.82. The van der Waals surface area contributed by atoms with Crippen molar-refractivity contribution in [2.24, 2.45) is 0 Å². The van der Waals surface area contributed by atoms with E-state index in [0.717, 1.165) is 11.3 Å². The molecular formula is C21H27N3O5S. The molecule has 9 heteroatoms. The van der Waals surface area contributed by atoms with Crippen LogP contribution in [0.15, 0.2) is 47.4 Å². The molecule has 1 aliphatic heterocycles. The maximum Gasteiger partial charge on any atom is 0.326 e. The first-order chi connectivity index (χ1) is 14.4. The normalized spacial score (nSPS) is 15.7. The Kier molecular flexibility index (Phi) is 6.96. The van der Waals surface area contributed by atoms with Gasteiger partial charge in [0.2, 0.25) is 10.0 Å². The van der Waals surface area contributed by atoms with Crippen LogP contribution in [-0.2, 0) is 21.2 Å².